The van der Waals surface area contributed by atoms with E-state index in [2.05, 4.69) is 0 Å². The third-order valence-electron chi connectivity index (χ3n) is 3.70. The molecule has 0 aromatic carbocycles. The number of fused-ring (bicyclic) bond motifs is 3. The highest BCUT2D eigenvalue weighted by Crippen LogP contribution is 2.44. The van der Waals surface area contributed by atoms with Gasteiger partial charge in [0.1, 0.15) is 31.0 Å². The summed E-state index contributed by atoms with van der Waals surface area (Å²) in [5, 5.41) is 0. The van der Waals surface area contributed by atoms with E-state index >= 15 is 0 Å². The van der Waals surface area contributed by atoms with Gasteiger partial charge in [0.2, 0.25) is 0 Å². The molecule has 21 heavy (non-hydrogen) atoms. The van der Waals surface area contributed by atoms with Crippen molar-refractivity contribution in [3.05, 3.63) is 0 Å². The highest BCUT2D eigenvalue weighted by molar-refractivity contribution is 5.65. The molecule has 0 radical (unpaired) electrons. The van der Waals surface area contributed by atoms with E-state index in [9.17, 15) is 4.79 Å². The number of hydrogen-bond acceptors (Lipinski definition) is 7. The zero-order chi connectivity index (χ0) is 15.4. The van der Waals surface area contributed by atoms with Crippen molar-refractivity contribution in [1.29, 1.82) is 0 Å². The van der Waals surface area contributed by atoms with E-state index in [1.54, 1.807) is 0 Å². The van der Waals surface area contributed by atoms with Crippen LogP contribution in [-0.4, -0.2) is 54.9 Å². The van der Waals surface area contributed by atoms with Crippen LogP contribution in [0, 0.1) is 0 Å². The molecule has 0 aliphatic carbocycles. The summed E-state index contributed by atoms with van der Waals surface area (Å²) in [4.78, 5) is 11.0. The Morgan fingerprint density at radius 3 is 2.19 bits per heavy atom. The minimum absolute atomic E-state index is 0.100. The van der Waals surface area contributed by atoms with E-state index in [0.717, 1.165) is 0 Å². The average Bonchev–Trinajstić information content (AvgIpc) is 2.80. The summed E-state index contributed by atoms with van der Waals surface area (Å²) in [5.74, 6) is -1.84. The normalized spacial score (nSPS) is 43.2. The molecule has 0 aromatic rings. The number of rotatable bonds is 2. The lowest BCUT2D eigenvalue weighted by molar-refractivity contribution is -0.242. The van der Waals surface area contributed by atoms with Crippen LogP contribution in [0.1, 0.15) is 34.6 Å². The first-order valence-corrected chi connectivity index (χ1v) is 7.17. The molecule has 7 heteroatoms. The lowest BCUT2D eigenvalue weighted by Crippen LogP contribution is -2.56. The molecule has 3 rings (SSSR count). The lowest BCUT2D eigenvalue weighted by atomic mass is 9.99. The topological polar surface area (TPSA) is 72.5 Å². The van der Waals surface area contributed by atoms with Gasteiger partial charge in [0, 0.05) is 6.92 Å². The molecular formula is C14H22O7. The summed E-state index contributed by atoms with van der Waals surface area (Å²) in [6.07, 6.45) is -2.04. The molecule has 0 aromatic heterocycles. The Morgan fingerprint density at radius 1 is 0.952 bits per heavy atom. The molecule has 3 fully saturated rings. The van der Waals surface area contributed by atoms with Gasteiger partial charge in [-0.25, -0.2) is 0 Å². The number of ether oxygens (including phenoxy) is 6. The monoisotopic (exact) mass is 302 g/mol. The van der Waals surface area contributed by atoms with Crippen LogP contribution in [-0.2, 0) is 33.2 Å². The maximum atomic E-state index is 11.0. The summed E-state index contributed by atoms with van der Waals surface area (Å²) in [7, 11) is 0. The van der Waals surface area contributed by atoms with Gasteiger partial charge in [0.05, 0.1) is 0 Å². The number of hydrogen-bond donors (Lipinski definition) is 0. The number of esters is 1. The molecular weight excluding hydrogens is 280 g/mol. The molecule has 0 N–H and O–H groups in total. The second-order valence-electron chi connectivity index (χ2n) is 6.51. The minimum Gasteiger partial charge on any atom is -0.463 e. The van der Waals surface area contributed by atoms with E-state index < -0.39 is 24.0 Å². The van der Waals surface area contributed by atoms with Gasteiger partial charge in [-0.3, -0.25) is 4.79 Å². The fraction of sp³-hybridized carbons (Fsp3) is 0.929. The highest BCUT2D eigenvalue weighted by atomic mass is 16.9. The van der Waals surface area contributed by atoms with E-state index in [1.165, 1.54) is 6.92 Å². The first-order chi connectivity index (χ1) is 9.67. The molecule has 120 valence electrons. The molecule has 7 nitrogen and oxygen atoms in total. The van der Waals surface area contributed by atoms with Gasteiger partial charge < -0.3 is 28.4 Å². The van der Waals surface area contributed by atoms with Crippen LogP contribution in [0.2, 0.25) is 0 Å². The van der Waals surface area contributed by atoms with Crippen molar-refractivity contribution in [1.82, 2.24) is 0 Å². The van der Waals surface area contributed by atoms with E-state index in [0.29, 0.717) is 0 Å². The van der Waals surface area contributed by atoms with Crippen molar-refractivity contribution in [2.45, 2.75) is 76.9 Å². The van der Waals surface area contributed by atoms with Crippen molar-refractivity contribution >= 4 is 5.97 Å². The first-order valence-electron chi connectivity index (χ1n) is 7.17. The van der Waals surface area contributed by atoms with Crippen LogP contribution < -0.4 is 0 Å². The molecule has 3 heterocycles. The largest absolute Gasteiger partial charge is 0.463 e. The zero-order valence-electron chi connectivity index (χ0n) is 13.0. The van der Waals surface area contributed by atoms with Gasteiger partial charge in [-0.15, -0.1) is 0 Å². The minimum atomic E-state index is -0.744. The fourth-order valence-electron chi connectivity index (χ4n) is 3.03. The van der Waals surface area contributed by atoms with Gasteiger partial charge in [-0.1, -0.05) is 0 Å². The van der Waals surface area contributed by atoms with Gasteiger partial charge >= 0.3 is 5.97 Å². The van der Waals surface area contributed by atoms with E-state index in [4.69, 9.17) is 28.4 Å². The van der Waals surface area contributed by atoms with Crippen molar-refractivity contribution in [3.63, 3.8) is 0 Å². The molecule has 5 atom stereocenters. The quantitative estimate of drug-likeness (QED) is 0.703. The summed E-state index contributed by atoms with van der Waals surface area (Å²) >= 11 is 0. The van der Waals surface area contributed by atoms with Crippen LogP contribution in [0.15, 0.2) is 0 Å². The smallest absolute Gasteiger partial charge is 0.302 e. The molecule has 3 aliphatic heterocycles. The maximum Gasteiger partial charge on any atom is 0.302 e. The van der Waals surface area contributed by atoms with E-state index in [-0.39, 0.29) is 30.9 Å². The molecule has 0 saturated carbocycles. The molecule has 0 amide bonds. The van der Waals surface area contributed by atoms with Gasteiger partial charge in [0.15, 0.2) is 17.9 Å². The predicted molar refractivity (Wildman–Crippen MR) is 69.2 cm³/mol. The van der Waals surface area contributed by atoms with Gasteiger partial charge in [-0.2, -0.15) is 0 Å². The van der Waals surface area contributed by atoms with Crippen LogP contribution in [0.4, 0.5) is 0 Å². The Kier molecular flexibility index (Phi) is 3.53. The fourth-order valence-corrected chi connectivity index (χ4v) is 3.03. The van der Waals surface area contributed by atoms with Crippen molar-refractivity contribution in [2.24, 2.45) is 0 Å². The summed E-state index contributed by atoms with van der Waals surface area (Å²) < 4.78 is 34.4. The highest BCUT2D eigenvalue weighted by Gasteiger charge is 2.60. The molecule has 3 aliphatic rings. The van der Waals surface area contributed by atoms with Crippen molar-refractivity contribution in [3.8, 4) is 0 Å². The average molecular weight is 302 g/mol. The SMILES string of the molecule is CC(=O)OC[C@@H]1O[C@H]2OC(C)(C)O[C@@H]2[C@H]2OC(C)(C)O[C@H]21. The third-order valence-corrected chi connectivity index (χ3v) is 3.70. The Balaban J connectivity index is 1.80. The Bertz CT molecular complexity index is 433. The first kappa shape index (κ1) is 15.2. The van der Waals surface area contributed by atoms with Crippen LogP contribution >= 0.6 is 0 Å². The molecule has 0 spiro atoms. The van der Waals surface area contributed by atoms with Crippen molar-refractivity contribution in [2.75, 3.05) is 6.61 Å². The number of carbonyl (C=O) groups is 1. The Morgan fingerprint density at radius 2 is 1.52 bits per heavy atom. The van der Waals surface area contributed by atoms with Gasteiger partial charge in [-0.05, 0) is 27.7 Å². The van der Waals surface area contributed by atoms with Crippen molar-refractivity contribution < 1.29 is 33.2 Å². The van der Waals surface area contributed by atoms with Crippen LogP contribution in [0.25, 0.3) is 0 Å². The predicted octanol–water partition coefficient (Wildman–Crippen LogP) is 0.946. The number of carbonyl (C=O) groups excluding carboxylic acids is 1. The standard InChI is InChI=1S/C14H22O7/c1-7(15)16-6-8-9-10(19-13(2,3)18-9)11-12(17-8)21-14(4,5)20-11/h8-12H,6H2,1-5H3/t8-,9-,10-,11+,12-/m0/s1. The van der Waals surface area contributed by atoms with E-state index in [1.807, 2.05) is 27.7 Å². The molecule has 3 saturated heterocycles. The van der Waals surface area contributed by atoms with Crippen LogP contribution in [0.5, 0.6) is 0 Å². The lowest BCUT2D eigenvalue weighted by Gasteiger charge is -2.36. The zero-order valence-corrected chi connectivity index (χ0v) is 13.0. The Labute approximate surface area is 123 Å². The maximum absolute atomic E-state index is 11.0. The van der Waals surface area contributed by atoms with Gasteiger partial charge in [0.25, 0.3) is 0 Å². The molecule has 0 unspecified atom stereocenters. The second-order valence-corrected chi connectivity index (χ2v) is 6.51. The summed E-state index contributed by atoms with van der Waals surface area (Å²) in [5.41, 5.74) is 0. The van der Waals surface area contributed by atoms with Crippen LogP contribution in [0.3, 0.4) is 0 Å². The summed E-state index contributed by atoms with van der Waals surface area (Å²) in [6, 6.07) is 0. The third kappa shape index (κ3) is 2.93. The second kappa shape index (κ2) is 4.89. The summed E-state index contributed by atoms with van der Waals surface area (Å²) in [6.45, 7) is 8.78. The Hall–Kier alpha value is -0.730. The molecule has 0 bridgehead atoms.